The van der Waals surface area contributed by atoms with Crippen molar-refractivity contribution < 1.29 is 32.2 Å². The molecule has 0 unspecified atom stereocenters. The highest BCUT2D eigenvalue weighted by atomic mass is 19.4. The molecule has 0 aliphatic carbocycles. The van der Waals surface area contributed by atoms with Crippen molar-refractivity contribution >= 4 is 17.8 Å². The van der Waals surface area contributed by atoms with Gasteiger partial charge in [-0.05, 0) is 41.8 Å². The first-order valence-corrected chi connectivity index (χ1v) is 8.02. The number of amides is 1. The molecule has 2 aliphatic heterocycles. The highest BCUT2D eigenvalue weighted by Crippen LogP contribution is 2.35. The van der Waals surface area contributed by atoms with Gasteiger partial charge in [0.1, 0.15) is 13.2 Å². The highest BCUT2D eigenvalue weighted by Gasteiger charge is 2.42. The van der Waals surface area contributed by atoms with E-state index in [9.17, 15) is 22.8 Å². The number of rotatable bonds is 0. The third kappa shape index (κ3) is 4.07. The van der Waals surface area contributed by atoms with E-state index < -0.39 is 12.1 Å². The molecule has 26 heavy (non-hydrogen) atoms. The molecule has 1 amide bonds. The topological polar surface area (TPSA) is 55.8 Å². The van der Waals surface area contributed by atoms with Crippen molar-refractivity contribution in [2.24, 2.45) is 0 Å². The number of halogens is 3. The van der Waals surface area contributed by atoms with E-state index in [1.807, 2.05) is 0 Å². The summed E-state index contributed by atoms with van der Waals surface area (Å²) >= 11 is 0. The number of benzene rings is 1. The Hall–Kier alpha value is -2.77. The van der Waals surface area contributed by atoms with E-state index in [2.05, 4.69) is 0 Å². The number of alkyl halides is 3. The smallest absolute Gasteiger partial charge is 0.471 e. The van der Waals surface area contributed by atoms with Crippen LogP contribution in [0.2, 0.25) is 0 Å². The summed E-state index contributed by atoms with van der Waals surface area (Å²) in [5.74, 6) is -1.35. The van der Waals surface area contributed by atoms with E-state index >= 15 is 0 Å². The Morgan fingerprint density at radius 1 is 1.04 bits per heavy atom. The summed E-state index contributed by atoms with van der Waals surface area (Å²) in [5.41, 5.74) is 0.940. The summed E-state index contributed by atoms with van der Waals surface area (Å²) in [6.45, 7) is 0.276. The van der Waals surface area contributed by atoms with Crippen molar-refractivity contribution in [1.29, 1.82) is 0 Å². The van der Waals surface area contributed by atoms with E-state index in [1.54, 1.807) is 12.1 Å². The van der Waals surface area contributed by atoms with Gasteiger partial charge in [-0.1, -0.05) is 12.2 Å². The Balaban J connectivity index is 2.03. The minimum absolute atomic E-state index is 0.140. The van der Waals surface area contributed by atoms with Gasteiger partial charge in [-0.3, -0.25) is 9.59 Å². The number of carbonyl (C=O) groups is 2. The van der Waals surface area contributed by atoms with Crippen LogP contribution in [0.3, 0.4) is 0 Å². The first kappa shape index (κ1) is 18.0. The number of nitrogens with zero attached hydrogens (tertiary/aromatic N) is 1. The zero-order valence-corrected chi connectivity index (χ0v) is 13.7. The van der Waals surface area contributed by atoms with Crippen LogP contribution in [0.15, 0.2) is 30.4 Å². The fraction of sp³-hybridized carbons (Fsp3) is 0.333. The Labute approximate surface area is 147 Å². The van der Waals surface area contributed by atoms with Crippen molar-refractivity contribution in [3.8, 4) is 11.5 Å². The predicted molar refractivity (Wildman–Crippen MR) is 86.7 cm³/mol. The van der Waals surface area contributed by atoms with Gasteiger partial charge in [0.05, 0.1) is 0 Å². The van der Waals surface area contributed by atoms with Crippen LogP contribution in [-0.4, -0.2) is 42.5 Å². The molecule has 1 aromatic rings. The Bertz CT molecular complexity index is 783. The molecule has 138 valence electrons. The second-order valence-corrected chi connectivity index (χ2v) is 5.85. The normalized spacial score (nSPS) is 18.7. The summed E-state index contributed by atoms with van der Waals surface area (Å²) < 4.78 is 49.7. The maximum atomic E-state index is 12.9. The zero-order chi connectivity index (χ0) is 18.7. The average Bonchev–Trinajstić information content (AvgIpc) is 2.63. The number of hydrogen-bond acceptors (Lipinski definition) is 4. The molecule has 0 bridgehead atoms. The minimum atomic E-state index is -4.97. The molecule has 0 spiro atoms. The van der Waals surface area contributed by atoms with Crippen LogP contribution in [0.25, 0.3) is 6.08 Å². The molecule has 0 aromatic heterocycles. The first-order chi connectivity index (χ1) is 12.3. The van der Waals surface area contributed by atoms with Gasteiger partial charge in [0.2, 0.25) is 0 Å². The van der Waals surface area contributed by atoms with Crippen LogP contribution in [0.5, 0.6) is 11.5 Å². The predicted octanol–water partition coefficient (Wildman–Crippen LogP) is 2.89. The van der Waals surface area contributed by atoms with Gasteiger partial charge < -0.3 is 14.4 Å². The molecule has 2 aliphatic rings. The molecule has 3 rings (SSSR count). The number of allylic oxidation sites excluding steroid dienone is 2. The van der Waals surface area contributed by atoms with Gasteiger partial charge in [0.15, 0.2) is 17.3 Å². The summed E-state index contributed by atoms with van der Waals surface area (Å²) in [6, 6.07) is 3.16. The molecule has 0 saturated carbocycles. The van der Waals surface area contributed by atoms with Crippen molar-refractivity contribution in [3.05, 3.63) is 41.5 Å². The average molecular weight is 367 g/mol. The first-order valence-electron chi connectivity index (χ1n) is 8.02. The monoisotopic (exact) mass is 367 g/mol. The van der Waals surface area contributed by atoms with Gasteiger partial charge in [0.25, 0.3) is 0 Å². The van der Waals surface area contributed by atoms with Crippen LogP contribution in [0.4, 0.5) is 13.2 Å². The molecule has 0 fully saturated rings. The van der Waals surface area contributed by atoms with Gasteiger partial charge in [-0.15, -0.1) is 0 Å². The largest absolute Gasteiger partial charge is 0.486 e. The number of carbonyl (C=O) groups excluding carboxylic acids is 2. The second kappa shape index (κ2) is 7.23. The summed E-state index contributed by atoms with van der Waals surface area (Å²) in [4.78, 5) is 24.3. The van der Waals surface area contributed by atoms with Crippen LogP contribution in [-0.2, 0) is 16.1 Å². The molecule has 2 heterocycles. The molecule has 0 N–H and O–H groups in total. The van der Waals surface area contributed by atoms with E-state index in [-0.39, 0.29) is 25.3 Å². The molecule has 0 radical (unpaired) electrons. The lowest BCUT2D eigenvalue weighted by Crippen LogP contribution is -2.41. The number of ketones is 1. The Morgan fingerprint density at radius 3 is 2.42 bits per heavy atom. The quantitative estimate of drug-likeness (QED) is 0.708. The molecule has 8 heteroatoms. The lowest BCUT2D eigenvalue weighted by Gasteiger charge is -2.26. The summed E-state index contributed by atoms with van der Waals surface area (Å²) in [7, 11) is 0. The molecular formula is C18H16F3NO4. The molecule has 0 saturated heterocycles. The summed E-state index contributed by atoms with van der Waals surface area (Å²) in [6.07, 6.45) is 0.728. The van der Waals surface area contributed by atoms with E-state index in [0.29, 0.717) is 35.8 Å². The summed E-state index contributed by atoms with van der Waals surface area (Å²) in [5, 5.41) is 0. The van der Waals surface area contributed by atoms with Crippen LogP contribution < -0.4 is 9.47 Å². The second-order valence-electron chi connectivity index (χ2n) is 5.85. The molecular weight excluding hydrogens is 351 g/mol. The maximum absolute atomic E-state index is 12.9. The lowest BCUT2D eigenvalue weighted by atomic mass is 10.0. The van der Waals surface area contributed by atoms with Crippen LogP contribution in [0, 0.1) is 0 Å². The molecule has 1 aromatic carbocycles. The van der Waals surface area contributed by atoms with Crippen LogP contribution in [0.1, 0.15) is 17.5 Å². The lowest BCUT2D eigenvalue weighted by molar-refractivity contribution is -0.186. The van der Waals surface area contributed by atoms with E-state index in [4.69, 9.17) is 9.47 Å². The Morgan fingerprint density at radius 2 is 1.73 bits per heavy atom. The number of hydrogen-bond donors (Lipinski definition) is 0. The van der Waals surface area contributed by atoms with E-state index in [0.717, 1.165) is 4.90 Å². The van der Waals surface area contributed by atoms with Crippen molar-refractivity contribution in [2.45, 2.75) is 19.1 Å². The third-order valence-corrected chi connectivity index (χ3v) is 3.97. The minimum Gasteiger partial charge on any atom is -0.486 e. The molecule has 5 nitrogen and oxygen atoms in total. The van der Waals surface area contributed by atoms with Crippen molar-refractivity contribution in [2.75, 3.05) is 19.8 Å². The van der Waals surface area contributed by atoms with Crippen molar-refractivity contribution in [3.63, 3.8) is 0 Å². The van der Waals surface area contributed by atoms with Gasteiger partial charge in [-0.25, -0.2) is 0 Å². The van der Waals surface area contributed by atoms with Crippen molar-refractivity contribution in [1.82, 2.24) is 4.90 Å². The number of ether oxygens (including phenoxy) is 2. The van der Waals surface area contributed by atoms with E-state index in [1.165, 1.54) is 24.3 Å². The highest BCUT2D eigenvalue weighted by molar-refractivity contribution is 6.02. The van der Waals surface area contributed by atoms with Crippen LogP contribution >= 0.6 is 0 Å². The SMILES string of the molecule is O=C1C=Cc2cc3c(cc2CN(C(=O)C(F)(F)F)CC/C=C\1)OCCO3. The third-order valence-electron chi connectivity index (χ3n) is 3.97. The number of fused-ring (bicyclic) bond motifs is 2. The fourth-order valence-corrected chi connectivity index (χ4v) is 2.73. The maximum Gasteiger partial charge on any atom is 0.471 e. The fourth-order valence-electron chi connectivity index (χ4n) is 2.73. The van der Waals surface area contributed by atoms with Gasteiger partial charge in [-0.2, -0.15) is 13.2 Å². The standard InChI is InChI=1S/C18H16F3NO4/c19-18(20,21)17(24)22-6-2-1-3-14(23)5-4-12-9-15-16(10-13(12)11-22)26-8-7-25-15/h1,3-5,9-10H,2,6-8,11H2/b3-1-,5-4?. The molecule has 0 atom stereocenters. The Kier molecular flexibility index (Phi) is 5.01. The zero-order valence-electron chi connectivity index (χ0n) is 13.7. The van der Waals surface area contributed by atoms with Gasteiger partial charge >= 0.3 is 12.1 Å². The van der Waals surface area contributed by atoms with Gasteiger partial charge in [0, 0.05) is 13.1 Å².